The highest BCUT2D eigenvalue weighted by atomic mass is 16.4. The lowest BCUT2D eigenvalue weighted by Crippen LogP contribution is -2.57. The number of carboxylic acid groups (broad SMARTS) is 1. The van der Waals surface area contributed by atoms with Crippen LogP contribution in [0, 0.1) is 39.4 Å². The van der Waals surface area contributed by atoms with Crippen LogP contribution >= 0.6 is 0 Å². The maximum atomic E-state index is 13.9. The summed E-state index contributed by atoms with van der Waals surface area (Å²) in [5, 5.41) is 32.4. The lowest BCUT2D eigenvalue weighted by Gasteiger charge is -2.61. The molecule has 2 saturated carbocycles. The molecule has 196 valence electrons. The van der Waals surface area contributed by atoms with E-state index < -0.39 is 34.9 Å². The average molecular weight is 487 g/mol. The number of aliphatic carboxylic acids is 1. The van der Waals surface area contributed by atoms with E-state index >= 15 is 0 Å². The third-order valence-corrected chi connectivity index (χ3v) is 11.4. The Kier molecular flexibility index (Phi) is 6.50. The molecule has 35 heavy (non-hydrogen) atoms. The number of allylic oxidation sites excluding steroid dienone is 4. The number of hydrogen-bond donors (Lipinski definition) is 3. The number of carboxylic acids is 1. The fraction of sp³-hybridized carbons (Fsp3) is 0.800. The second kappa shape index (κ2) is 8.55. The zero-order valence-corrected chi connectivity index (χ0v) is 22.8. The van der Waals surface area contributed by atoms with Crippen molar-refractivity contribution in [1.82, 2.24) is 0 Å². The third kappa shape index (κ3) is 3.70. The van der Waals surface area contributed by atoms with Gasteiger partial charge in [-0.3, -0.25) is 9.59 Å². The molecule has 5 heteroatoms. The van der Waals surface area contributed by atoms with Crippen molar-refractivity contribution in [3.05, 3.63) is 22.8 Å². The standard InChI is InChI=1S/C30H46O5/c1-17(2)9-8-10-18(26(34)35)24-21(32)16-30(7)25-19(11-14-29(24,30)6)28(5)13-12-23(33)27(3,4)22(28)15-20(25)31/h9,18,21-24,32-33H,8,10-16H2,1-7H3,(H,34,35)/t18-,21-,22+,23+,24+,28-,29-,30+/m1/s1. The molecule has 4 aliphatic rings. The maximum Gasteiger partial charge on any atom is 0.306 e. The van der Waals surface area contributed by atoms with Crippen molar-refractivity contribution < 1.29 is 24.9 Å². The Hall–Kier alpha value is -1.46. The van der Waals surface area contributed by atoms with E-state index in [4.69, 9.17) is 0 Å². The molecule has 0 aromatic rings. The van der Waals surface area contributed by atoms with Gasteiger partial charge in [0.1, 0.15) is 0 Å². The lowest BCUT2D eigenvalue weighted by atomic mass is 9.43. The van der Waals surface area contributed by atoms with E-state index in [1.165, 1.54) is 11.1 Å². The van der Waals surface area contributed by atoms with Gasteiger partial charge in [-0.1, -0.05) is 51.8 Å². The van der Waals surface area contributed by atoms with Crippen LogP contribution < -0.4 is 0 Å². The molecule has 8 atom stereocenters. The first-order valence-corrected chi connectivity index (χ1v) is 13.6. The Balaban J connectivity index is 1.78. The van der Waals surface area contributed by atoms with Gasteiger partial charge in [-0.15, -0.1) is 0 Å². The lowest BCUT2D eigenvalue weighted by molar-refractivity contribution is -0.149. The van der Waals surface area contributed by atoms with E-state index in [0.29, 0.717) is 25.7 Å². The van der Waals surface area contributed by atoms with Gasteiger partial charge in [0.15, 0.2) is 5.78 Å². The molecule has 3 N–H and O–H groups in total. The van der Waals surface area contributed by atoms with Gasteiger partial charge in [0.05, 0.1) is 18.1 Å². The molecular weight excluding hydrogens is 440 g/mol. The van der Waals surface area contributed by atoms with Crippen molar-refractivity contribution >= 4 is 11.8 Å². The van der Waals surface area contributed by atoms with Crippen LogP contribution in [-0.2, 0) is 9.59 Å². The molecule has 0 aliphatic heterocycles. The molecule has 4 rings (SSSR count). The molecule has 4 aliphatic carbocycles. The largest absolute Gasteiger partial charge is 0.481 e. The monoisotopic (exact) mass is 486 g/mol. The molecule has 5 nitrogen and oxygen atoms in total. The van der Waals surface area contributed by atoms with E-state index in [2.05, 4.69) is 40.7 Å². The molecule has 0 radical (unpaired) electrons. The highest BCUT2D eigenvalue weighted by molar-refractivity contribution is 5.99. The Morgan fingerprint density at radius 2 is 1.77 bits per heavy atom. The number of carbonyl (C=O) groups excluding carboxylic acids is 1. The molecule has 0 aromatic carbocycles. The van der Waals surface area contributed by atoms with Crippen LogP contribution in [0.3, 0.4) is 0 Å². The summed E-state index contributed by atoms with van der Waals surface area (Å²) < 4.78 is 0. The molecular formula is C30H46O5. The molecule has 0 amide bonds. The molecule has 0 spiro atoms. The van der Waals surface area contributed by atoms with E-state index in [9.17, 15) is 24.9 Å². The molecule has 2 fully saturated rings. The summed E-state index contributed by atoms with van der Waals surface area (Å²) in [5.41, 5.74) is 1.83. The van der Waals surface area contributed by atoms with E-state index in [1.54, 1.807) is 0 Å². The van der Waals surface area contributed by atoms with Crippen molar-refractivity contribution in [1.29, 1.82) is 0 Å². The fourth-order valence-electron chi connectivity index (χ4n) is 9.18. The Bertz CT molecular complexity index is 971. The number of Topliss-reactive ketones (excluding diaryl/α,β-unsaturated/α-hetero) is 1. The van der Waals surface area contributed by atoms with Crippen molar-refractivity contribution in [2.75, 3.05) is 0 Å². The van der Waals surface area contributed by atoms with Crippen LogP contribution in [0.2, 0.25) is 0 Å². The van der Waals surface area contributed by atoms with E-state index in [1.807, 2.05) is 13.8 Å². The average Bonchev–Trinajstić information content (AvgIpc) is 2.95. The molecule has 0 unspecified atom stereocenters. The summed E-state index contributed by atoms with van der Waals surface area (Å²) in [5.74, 6) is -1.61. The van der Waals surface area contributed by atoms with Crippen LogP contribution in [0.5, 0.6) is 0 Å². The minimum absolute atomic E-state index is 0.0934. The van der Waals surface area contributed by atoms with Crippen LogP contribution in [-0.4, -0.2) is 39.3 Å². The quantitative estimate of drug-likeness (QED) is 0.434. The minimum Gasteiger partial charge on any atom is -0.481 e. The summed E-state index contributed by atoms with van der Waals surface area (Å²) in [6.45, 7) is 14.8. The van der Waals surface area contributed by atoms with Crippen LogP contribution in [0.1, 0.15) is 99.8 Å². The summed E-state index contributed by atoms with van der Waals surface area (Å²) in [6, 6.07) is 0. The second-order valence-corrected chi connectivity index (χ2v) is 13.7. The van der Waals surface area contributed by atoms with Gasteiger partial charge in [0.2, 0.25) is 0 Å². The first-order valence-electron chi connectivity index (χ1n) is 13.6. The Labute approximate surface area is 211 Å². The first-order chi connectivity index (χ1) is 16.1. The highest BCUT2D eigenvalue weighted by Gasteiger charge is 2.68. The van der Waals surface area contributed by atoms with Gasteiger partial charge >= 0.3 is 5.97 Å². The van der Waals surface area contributed by atoms with Gasteiger partial charge in [0.25, 0.3) is 0 Å². The third-order valence-electron chi connectivity index (χ3n) is 11.4. The predicted molar refractivity (Wildman–Crippen MR) is 137 cm³/mol. The van der Waals surface area contributed by atoms with Crippen LogP contribution in [0.25, 0.3) is 0 Å². The van der Waals surface area contributed by atoms with Gasteiger partial charge in [-0.2, -0.15) is 0 Å². The van der Waals surface area contributed by atoms with Gasteiger partial charge in [0, 0.05) is 23.3 Å². The minimum atomic E-state index is -0.841. The molecule has 0 bridgehead atoms. The molecule has 0 aromatic heterocycles. The van der Waals surface area contributed by atoms with Crippen molar-refractivity contribution in [2.45, 2.75) is 112 Å². The summed E-state index contributed by atoms with van der Waals surface area (Å²) in [7, 11) is 0. The number of aliphatic hydroxyl groups excluding tert-OH is 2. The van der Waals surface area contributed by atoms with Gasteiger partial charge < -0.3 is 15.3 Å². The Morgan fingerprint density at radius 3 is 2.37 bits per heavy atom. The van der Waals surface area contributed by atoms with Crippen molar-refractivity contribution in [2.24, 2.45) is 39.4 Å². The maximum absolute atomic E-state index is 13.9. The number of carbonyl (C=O) groups is 2. The normalized spacial score (nSPS) is 43.2. The SMILES string of the molecule is CC(C)=CCC[C@@H](C(=O)O)[C@H]1[C@H](O)C[C@@]2(C)C3=C(CC[C@]12C)[C@@]1(C)CC[C@H](O)C(C)(C)[C@@H]1CC3=O. The second-order valence-electron chi connectivity index (χ2n) is 13.7. The Morgan fingerprint density at radius 1 is 1.11 bits per heavy atom. The van der Waals surface area contributed by atoms with E-state index in [-0.39, 0.29) is 28.4 Å². The topological polar surface area (TPSA) is 94.8 Å². The predicted octanol–water partition coefficient (Wildman–Crippen LogP) is 5.69. The van der Waals surface area contributed by atoms with Gasteiger partial charge in [-0.05, 0) is 81.0 Å². The van der Waals surface area contributed by atoms with Crippen LogP contribution in [0.15, 0.2) is 22.8 Å². The number of ketones is 1. The summed E-state index contributed by atoms with van der Waals surface area (Å²) in [6.07, 6.45) is 6.13. The smallest absolute Gasteiger partial charge is 0.306 e. The summed E-state index contributed by atoms with van der Waals surface area (Å²) >= 11 is 0. The van der Waals surface area contributed by atoms with E-state index in [0.717, 1.165) is 31.3 Å². The summed E-state index contributed by atoms with van der Waals surface area (Å²) in [4.78, 5) is 26.4. The molecule has 0 heterocycles. The van der Waals surface area contributed by atoms with Crippen LogP contribution in [0.4, 0.5) is 0 Å². The number of rotatable bonds is 5. The zero-order valence-electron chi connectivity index (χ0n) is 22.8. The number of fused-ring (bicyclic) bond motifs is 4. The number of hydrogen-bond acceptors (Lipinski definition) is 4. The fourth-order valence-corrected chi connectivity index (χ4v) is 9.18. The van der Waals surface area contributed by atoms with Gasteiger partial charge in [-0.25, -0.2) is 0 Å². The molecule has 0 saturated heterocycles. The van der Waals surface area contributed by atoms with Crippen molar-refractivity contribution in [3.8, 4) is 0 Å². The zero-order chi connectivity index (χ0) is 26.1. The van der Waals surface area contributed by atoms with Crippen molar-refractivity contribution in [3.63, 3.8) is 0 Å². The highest BCUT2D eigenvalue weighted by Crippen LogP contribution is 2.71. The number of aliphatic hydroxyl groups is 2. The first kappa shape index (κ1) is 26.6.